The quantitative estimate of drug-likeness (QED) is 0.482. The minimum absolute atomic E-state index is 0.225. The van der Waals surface area contributed by atoms with Crippen LogP contribution in [-0.2, 0) is 9.53 Å². The lowest BCUT2D eigenvalue weighted by Gasteiger charge is -2.04. The van der Waals surface area contributed by atoms with Crippen LogP contribution in [0.3, 0.4) is 0 Å². The molecule has 2 heteroatoms. The average Bonchev–Trinajstić information content (AvgIpc) is 2.14. The summed E-state index contributed by atoms with van der Waals surface area (Å²) in [5, 5.41) is 0. The number of hydrogen-bond donors (Lipinski definition) is 0. The van der Waals surface area contributed by atoms with Gasteiger partial charge in [-0.2, -0.15) is 0 Å². The average molecular weight is 196 g/mol. The molecule has 0 unspecified atom stereocenters. The van der Waals surface area contributed by atoms with Gasteiger partial charge in [0.1, 0.15) is 6.61 Å². The molecule has 14 heavy (non-hydrogen) atoms. The van der Waals surface area contributed by atoms with Crippen LogP contribution < -0.4 is 0 Å². The highest BCUT2D eigenvalue weighted by atomic mass is 16.5. The van der Waals surface area contributed by atoms with Crippen LogP contribution in [0.5, 0.6) is 0 Å². The van der Waals surface area contributed by atoms with Crippen LogP contribution in [0.4, 0.5) is 0 Å². The summed E-state index contributed by atoms with van der Waals surface area (Å²) in [6, 6.07) is 0. The minimum Gasteiger partial charge on any atom is -0.461 e. The molecule has 0 radical (unpaired) electrons. The van der Waals surface area contributed by atoms with Gasteiger partial charge < -0.3 is 4.74 Å². The normalized spacial score (nSPS) is 13.5. The smallest absolute Gasteiger partial charge is 0.302 e. The van der Waals surface area contributed by atoms with Crippen LogP contribution in [0.15, 0.2) is 24.3 Å². The van der Waals surface area contributed by atoms with E-state index in [4.69, 9.17) is 4.74 Å². The van der Waals surface area contributed by atoms with Gasteiger partial charge in [-0.3, -0.25) is 4.79 Å². The Morgan fingerprint density at radius 2 is 2.14 bits per heavy atom. The van der Waals surface area contributed by atoms with E-state index in [9.17, 15) is 4.79 Å². The Labute approximate surface area is 86.6 Å². The van der Waals surface area contributed by atoms with Crippen molar-refractivity contribution >= 4 is 5.97 Å². The molecule has 0 aromatic carbocycles. The van der Waals surface area contributed by atoms with Crippen molar-refractivity contribution in [2.45, 2.75) is 33.6 Å². The third-order valence-electron chi connectivity index (χ3n) is 2.02. The van der Waals surface area contributed by atoms with E-state index in [2.05, 4.69) is 19.6 Å². The van der Waals surface area contributed by atoms with E-state index < -0.39 is 0 Å². The molecule has 0 aromatic rings. The van der Waals surface area contributed by atoms with E-state index >= 15 is 0 Å². The van der Waals surface area contributed by atoms with Gasteiger partial charge in [-0.05, 0) is 31.3 Å². The molecule has 2 nitrogen and oxygen atoms in total. The molecule has 0 bridgehead atoms. The number of esters is 1. The van der Waals surface area contributed by atoms with E-state index in [1.807, 2.05) is 13.0 Å². The Morgan fingerprint density at radius 3 is 2.64 bits per heavy atom. The maximum Gasteiger partial charge on any atom is 0.302 e. The van der Waals surface area contributed by atoms with E-state index in [0.717, 1.165) is 18.4 Å². The number of rotatable bonds is 6. The van der Waals surface area contributed by atoms with Crippen LogP contribution >= 0.6 is 0 Å². The summed E-state index contributed by atoms with van der Waals surface area (Å²) in [6.45, 7) is 9.68. The molecule has 80 valence electrons. The molecule has 0 heterocycles. The van der Waals surface area contributed by atoms with Crippen LogP contribution in [-0.4, -0.2) is 12.6 Å². The molecule has 0 aliphatic carbocycles. The lowest BCUT2D eigenvalue weighted by molar-refractivity contribution is -0.139. The number of hydrogen-bond acceptors (Lipinski definition) is 2. The molecule has 1 atom stereocenters. The summed E-state index contributed by atoms with van der Waals surface area (Å²) < 4.78 is 4.86. The second kappa shape index (κ2) is 7.36. The summed E-state index contributed by atoms with van der Waals surface area (Å²) in [4.78, 5) is 10.5. The number of ether oxygens (including phenoxy) is 1. The van der Waals surface area contributed by atoms with Gasteiger partial charge in [-0.15, -0.1) is 6.58 Å². The fourth-order valence-corrected chi connectivity index (χ4v) is 0.985. The highest BCUT2D eigenvalue weighted by Gasteiger charge is 1.96. The highest BCUT2D eigenvalue weighted by molar-refractivity contribution is 5.66. The number of carbonyl (C=O) groups is 1. The molecule has 0 N–H and O–H groups in total. The molecular formula is C12H20O2. The van der Waals surface area contributed by atoms with Crippen LogP contribution in [0.2, 0.25) is 0 Å². The van der Waals surface area contributed by atoms with Crippen molar-refractivity contribution in [3.8, 4) is 0 Å². The van der Waals surface area contributed by atoms with Gasteiger partial charge in [0, 0.05) is 6.92 Å². The van der Waals surface area contributed by atoms with Crippen molar-refractivity contribution in [3.05, 3.63) is 24.3 Å². The standard InChI is InChI=1S/C12H20O2/c1-5-10(2)7-6-8-11(3)9-14-12(4)13/h5,8,10H,1,6-7,9H2,2-4H3/b11-8+/t10-/m0/s1. The summed E-state index contributed by atoms with van der Waals surface area (Å²) in [5.74, 6) is 0.324. The zero-order chi connectivity index (χ0) is 11.0. The van der Waals surface area contributed by atoms with Crippen LogP contribution in [0, 0.1) is 5.92 Å². The number of allylic oxidation sites excluding steroid dienone is 2. The lowest BCUT2D eigenvalue weighted by atomic mass is 10.1. The molecule has 0 amide bonds. The first-order valence-corrected chi connectivity index (χ1v) is 4.97. The first-order valence-electron chi connectivity index (χ1n) is 4.97. The van der Waals surface area contributed by atoms with Gasteiger partial charge in [0.25, 0.3) is 0 Å². The predicted octanol–water partition coefficient (Wildman–Crippen LogP) is 3.10. The summed E-state index contributed by atoms with van der Waals surface area (Å²) in [7, 11) is 0. The van der Waals surface area contributed by atoms with Crippen molar-refractivity contribution in [2.24, 2.45) is 5.92 Å². The molecule has 0 spiro atoms. The molecule has 0 aromatic heterocycles. The first-order chi connectivity index (χ1) is 6.56. The third-order valence-corrected chi connectivity index (χ3v) is 2.02. The second-order valence-electron chi connectivity index (χ2n) is 3.62. The topological polar surface area (TPSA) is 26.3 Å². The molecule has 0 fully saturated rings. The minimum atomic E-state index is -0.225. The van der Waals surface area contributed by atoms with Crippen molar-refractivity contribution in [3.63, 3.8) is 0 Å². The molecule has 0 saturated heterocycles. The predicted molar refractivity (Wildman–Crippen MR) is 59.0 cm³/mol. The van der Waals surface area contributed by atoms with Gasteiger partial charge >= 0.3 is 5.97 Å². The Kier molecular flexibility index (Phi) is 6.81. The van der Waals surface area contributed by atoms with Crippen LogP contribution in [0.25, 0.3) is 0 Å². The van der Waals surface area contributed by atoms with E-state index in [0.29, 0.717) is 12.5 Å². The Bertz CT molecular complexity index is 216. The molecule has 0 saturated carbocycles. The zero-order valence-electron chi connectivity index (χ0n) is 9.38. The van der Waals surface area contributed by atoms with Crippen molar-refractivity contribution in [1.29, 1.82) is 0 Å². The maximum atomic E-state index is 10.5. The fourth-order valence-electron chi connectivity index (χ4n) is 0.985. The van der Waals surface area contributed by atoms with E-state index in [1.165, 1.54) is 6.92 Å². The largest absolute Gasteiger partial charge is 0.461 e. The number of carbonyl (C=O) groups excluding carboxylic acids is 1. The van der Waals surface area contributed by atoms with Crippen LogP contribution in [0.1, 0.15) is 33.6 Å². The lowest BCUT2D eigenvalue weighted by Crippen LogP contribution is -2.01. The Balaban J connectivity index is 3.65. The molecule has 0 aliphatic heterocycles. The van der Waals surface area contributed by atoms with Gasteiger partial charge in [-0.1, -0.05) is 19.1 Å². The SMILES string of the molecule is C=C[C@H](C)CC/C=C(\C)COC(C)=O. The van der Waals surface area contributed by atoms with E-state index in [-0.39, 0.29) is 5.97 Å². The second-order valence-corrected chi connectivity index (χ2v) is 3.62. The van der Waals surface area contributed by atoms with Gasteiger partial charge in [-0.25, -0.2) is 0 Å². The zero-order valence-corrected chi connectivity index (χ0v) is 9.38. The fraction of sp³-hybridized carbons (Fsp3) is 0.583. The van der Waals surface area contributed by atoms with Crippen molar-refractivity contribution in [1.82, 2.24) is 0 Å². The highest BCUT2D eigenvalue weighted by Crippen LogP contribution is 2.08. The maximum absolute atomic E-state index is 10.5. The summed E-state index contributed by atoms with van der Waals surface area (Å²) in [5.41, 5.74) is 1.11. The summed E-state index contributed by atoms with van der Waals surface area (Å²) >= 11 is 0. The van der Waals surface area contributed by atoms with Crippen molar-refractivity contribution in [2.75, 3.05) is 6.61 Å². The molecule has 0 rings (SSSR count). The Hall–Kier alpha value is -1.05. The van der Waals surface area contributed by atoms with Gasteiger partial charge in [0.2, 0.25) is 0 Å². The van der Waals surface area contributed by atoms with E-state index in [1.54, 1.807) is 0 Å². The molecule has 0 aliphatic rings. The van der Waals surface area contributed by atoms with Gasteiger partial charge in [0.05, 0.1) is 0 Å². The van der Waals surface area contributed by atoms with Gasteiger partial charge in [0.15, 0.2) is 0 Å². The first kappa shape index (κ1) is 12.9. The monoisotopic (exact) mass is 196 g/mol. The van der Waals surface area contributed by atoms with Crippen molar-refractivity contribution < 1.29 is 9.53 Å². The summed E-state index contributed by atoms with van der Waals surface area (Å²) in [6.07, 6.45) is 6.18. The third kappa shape index (κ3) is 7.59. The molecular weight excluding hydrogens is 176 g/mol. The Morgan fingerprint density at radius 1 is 1.50 bits per heavy atom.